The van der Waals surface area contributed by atoms with Gasteiger partial charge in [-0.2, -0.15) is 4.98 Å². The molecule has 0 spiro atoms. The second kappa shape index (κ2) is 10.6. The van der Waals surface area contributed by atoms with E-state index >= 15 is 0 Å². The summed E-state index contributed by atoms with van der Waals surface area (Å²) < 4.78 is 16.1. The Morgan fingerprint density at radius 1 is 1.15 bits per heavy atom. The van der Waals surface area contributed by atoms with Gasteiger partial charge in [0.2, 0.25) is 0 Å². The summed E-state index contributed by atoms with van der Waals surface area (Å²) in [6, 6.07) is 11.8. The highest BCUT2D eigenvalue weighted by Crippen LogP contribution is 2.29. The molecule has 1 aromatic heterocycles. The molecule has 3 N–H and O–H groups in total. The van der Waals surface area contributed by atoms with Gasteiger partial charge in [-0.05, 0) is 35.9 Å². The standard InChI is InChI=1S/C22H20N4O8/c1-32-15-6-4-3-5-14(15)23-19(27)12-34-16-9-7-13(11-17(16)33-2)8-10-18-24-21(28)20(26(30)31)22(29)25-18/h3-11H,12H2,1-2H3,(H,23,27)(H2,24,25,28,29)/b10-8+. The number of methoxy groups -OCH3 is 2. The highest BCUT2D eigenvalue weighted by molar-refractivity contribution is 5.93. The summed E-state index contributed by atoms with van der Waals surface area (Å²) in [7, 11) is 2.93. The number of H-pyrrole nitrogens is 1. The first-order valence-corrected chi connectivity index (χ1v) is 9.71. The lowest BCUT2D eigenvalue weighted by Gasteiger charge is -2.13. The third-order valence-electron chi connectivity index (χ3n) is 4.44. The van der Waals surface area contributed by atoms with E-state index in [1.165, 1.54) is 26.4 Å². The molecule has 0 aliphatic heterocycles. The van der Waals surface area contributed by atoms with E-state index in [0.717, 1.165) is 0 Å². The molecule has 176 valence electrons. The number of nitrogens with zero attached hydrogens (tertiary/aromatic N) is 2. The average molecular weight is 468 g/mol. The maximum absolute atomic E-state index is 12.3. The van der Waals surface area contributed by atoms with Gasteiger partial charge in [0, 0.05) is 0 Å². The van der Waals surface area contributed by atoms with Crippen LogP contribution in [0.3, 0.4) is 0 Å². The van der Waals surface area contributed by atoms with Gasteiger partial charge in [-0.25, -0.2) is 0 Å². The lowest BCUT2D eigenvalue weighted by Crippen LogP contribution is -2.20. The molecule has 1 amide bonds. The zero-order chi connectivity index (χ0) is 24.7. The Kier molecular flexibility index (Phi) is 7.44. The molecule has 1 heterocycles. The molecule has 0 saturated heterocycles. The van der Waals surface area contributed by atoms with E-state index in [1.54, 1.807) is 42.5 Å². The molecule has 12 nitrogen and oxygen atoms in total. The summed E-state index contributed by atoms with van der Waals surface area (Å²) in [6.45, 7) is -0.281. The quantitative estimate of drug-likeness (QED) is 0.316. The van der Waals surface area contributed by atoms with Gasteiger partial charge in [-0.3, -0.25) is 19.7 Å². The van der Waals surface area contributed by atoms with E-state index in [-0.39, 0.29) is 12.4 Å². The summed E-state index contributed by atoms with van der Waals surface area (Å²) in [4.78, 5) is 39.5. The predicted molar refractivity (Wildman–Crippen MR) is 122 cm³/mol. The molecule has 0 fully saturated rings. The number of carbonyl (C=O) groups is 1. The number of aromatic hydroxyl groups is 1. The minimum absolute atomic E-state index is 0.0830. The number of benzene rings is 2. The first-order valence-electron chi connectivity index (χ1n) is 9.71. The number of anilines is 1. The Balaban J connectivity index is 1.69. The van der Waals surface area contributed by atoms with Crippen molar-refractivity contribution >= 4 is 29.4 Å². The molecule has 12 heteroatoms. The first kappa shape index (κ1) is 23.8. The topological polar surface area (TPSA) is 166 Å². The number of amides is 1. The molecule has 34 heavy (non-hydrogen) atoms. The minimum Gasteiger partial charge on any atom is -0.495 e. The predicted octanol–water partition coefficient (Wildman–Crippen LogP) is 2.59. The van der Waals surface area contributed by atoms with Crippen LogP contribution < -0.4 is 25.1 Å². The van der Waals surface area contributed by atoms with Crippen molar-refractivity contribution in [3.05, 3.63) is 74.3 Å². The normalized spacial score (nSPS) is 10.6. The van der Waals surface area contributed by atoms with Crippen molar-refractivity contribution in [3.63, 3.8) is 0 Å². The Morgan fingerprint density at radius 2 is 1.88 bits per heavy atom. The lowest BCUT2D eigenvalue weighted by molar-refractivity contribution is -0.387. The molecular weight excluding hydrogens is 448 g/mol. The lowest BCUT2D eigenvalue weighted by atomic mass is 10.2. The van der Waals surface area contributed by atoms with Gasteiger partial charge in [0.25, 0.3) is 11.8 Å². The largest absolute Gasteiger partial charge is 0.495 e. The molecular formula is C22H20N4O8. The summed E-state index contributed by atoms with van der Waals surface area (Å²) in [5, 5.41) is 23.1. The smallest absolute Gasteiger partial charge is 0.395 e. The van der Waals surface area contributed by atoms with E-state index in [4.69, 9.17) is 14.2 Å². The van der Waals surface area contributed by atoms with E-state index in [9.17, 15) is 24.8 Å². The van der Waals surface area contributed by atoms with Crippen LogP contribution in [0.25, 0.3) is 12.2 Å². The number of rotatable bonds is 9. The number of hydrogen-bond acceptors (Lipinski definition) is 9. The average Bonchev–Trinajstić information content (AvgIpc) is 2.81. The van der Waals surface area contributed by atoms with Crippen LogP contribution in [0.15, 0.2) is 47.3 Å². The Hall–Kier alpha value is -4.87. The Labute approximate surface area is 192 Å². The third kappa shape index (κ3) is 5.68. The van der Waals surface area contributed by atoms with Gasteiger partial charge in [0.05, 0.1) is 24.8 Å². The number of ether oxygens (including phenoxy) is 3. The van der Waals surface area contributed by atoms with Crippen LogP contribution >= 0.6 is 0 Å². The minimum atomic E-state index is -1.08. The van der Waals surface area contributed by atoms with Crippen LogP contribution in [-0.2, 0) is 4.79 Å². The van der Waals surface area contributed by atoms with Crippen molar-refractivity contribution in [1.82, 2.24) is 9.97 Å². The molecule has 0 bridgehead atoms. The summed E-state index contributed by atoms with van der Waals surface area (Å²) in [5.74, 6) is -0.304. The fraction of sp³-hybridized carbons (Fsp3) is 0.136. The first-order chi connectivity index (χ1) is 16.3. The molecule has 0 saturated carbocycles. The number of nitrogens with one attached hydrogen (secondary N) is 2. The van der Waals surface area contributed by atoms with Crippen molar-refractivity contribution in [2.45, 2.75) is 0 Å². The van der Waals surface area contributed by atoms with Crippen LogP contribution in [0.2, 0.25) is 0 Å². The molecule has 0 aliphatic rings. The number of carbonyl (C=O) groups excluding carboxylic acids is 1. The Bertz CT molecular complexity index is 1300. The highest BCUT2D eigenvalue weighted by atomic mass is 16.6. The second-order valence-corrected chi connectivity index (χ2v) is 6.66. The molecule has 3 aromatic rings. The van der Waals surface area contributed by atoms with E-state index in [0.29, 0.717) is 28.5 Å². The van der Waals surface area contributed by atoms with E-state index in [1.807, 2.05) is 0 Å². The molecule has 2 aromatic carbocycles. The second-order valence-electron chi connectivity index (χ2n) is 6.66. The molecule has 0 aliphatic carbocycles. The van der Waals surface area contributed by atoms with Crippen molar-refractivity contribution in [2.24, 2.45) is 0 Å². The zero-order valence-electron chi connectivity index (χ0n) is 18.1. The molecule has 0 atom stereocenters. The summed E-state index contributed by atoms with van der Waals surface area (Å²) >= 11 is 0. The van der Waals surface area contributed by atoms with Gasteiger partial charge in [-0.15, -0.1) is 0 Å². The van der Waals surface area contributed by atoms with Crippen molar-refractivity contribution in [2.75, 3.05) is 26.1 Å². The van der Waals surface area contributed by atoms with Crippen LogP contribution in [0.1, 0.15) is 11.4 Å². The van der Waals surface area contributed by atoms with E-state index in [2.05, 4.69) is 15.3 Å². The number of aromatic amines is 1. The van der Waals surface area contributed by atoms with Crippen LogP contribution in [0, 0.1) is 10.1 Å². The van der Waals surface area contributed by atoms with Gasteiger partial charge in [0.1, 0.15) is 11.6 Å². The van der Waals surface area contributed by atoms with Gasteiger partial charge in [-0.1, -0.05) is 24.3 Å². The number of nitro groups is 1. The number of para-hydroxylation sites is 2. The van der Waals surface area contributed by atoms with Gasteiger partial charge >= 0.3 is 11.2 Å². The number of hydrogen-bond donors (Lipinski definition) is 3. The highest BCUT2D eigenvalue weighted by Gasteiger charge is 2.21. The van der Waals surface area contributed by atoms with Gasteiger partial charge in [0.15, 0.2) is 18.1 Å². The fourth-order valence-electron chi connectivity index (χ4n) is 2.88. The Morgan fingerprint density at radius 3 is 2.56 bits per heavy atom. The van der Waals surface area contributed by atoms with Crippen molar-refractivity contribution in [1.29, 1.82) is 0 Å². The maximum Gasteiger partial charge on any atom is 0.395 e. The third-order valence-corrected chi connectivity index (χ3v) is 4.44. The SMILES string of the molecule is COc1ccccc1NC(=O)COc1ccc(/C=C/c2nc(O)c([N+](=O)[O-])c(=O)[nH]2)cc1OC. The molecule has 3 rings (SSSR count). The van der Waals surface area contributed by atoms with Crippen molar-refractivity contribution < 1.29 is 29.0 Å². The molecule has 0 radical (unpaired) electrons. The fourth-order valence-corrected chi connectivity index (χ4v) is 2.88. The van der Waals surface area contributed by atoms with Gasteiger partial charge < -0.3 is 29.6 Å². The maximum atomic E-state index is 12.3. The summed E-state index contributed by atoms with van der Waals surface area (Å²) in [6.07, 6.45) is 2.88. The zero-order valence-corrected chi connectivity index (χ0v) is 18.1. The van der Waals surface area contributed by atoms with E-state index < -0.39 is 28.0 Å². The molecule has 0 unspecified atom stereocenters. The van der Waals surface area contributed by atoms with Crippen LogP contribution in [-0.4, -0.2) is 46.7 Å². The number of aromatic nitrogens is 2. The van der Waals surface area contributed by atoms with Crippen LogP contribution in [0.5, 0.6) is 23.1 Å². The van der Waals surface area contributed by atoms with Crippen molar-refractivity contribution in [3.8, 4) is 23.1 Å². The monoisotopic (exact) mass is 468 g/mol. The summed E-state index contributed by atoms with van der Waals surface area (Å²) in [5.41, 5.74) is -1.00. The van der Waals surface area contributed by atoms with Crippen LogP contribution in [0.4, 0.5) is 11.4 Å².